The number of nitrogens with zero attached hydrogens (tertiary/aromatic N) is 1. The van der Waals surface area contributed by atoms with Crippen LogP contribution in [0.25, 0.3) is 0 Å². The van der Waals surface area contributed by atoms with E-state index < -0.39 is 59.7 Å². The van der Waals surface area contributed by atoms with Gasteiger partial charge in [-0.2, -0.15) is 13.2 Å². The van der Waals surface area contributed by atoms with Gasteiger partial charge in [0.2, 0.25) is 5.91 Å². The Kier molecular flexibility index (Phi) is 6.47. The van der Waals surface area contributed by atoms with Gasteiger partial charge in [-0.3, -0.25) is 24.6 Å². The van der Waals surface area contributed by atoms with Gasteiger partial charge >= 0.3 is 24.1 Å². The van der Waals surface area contributed by atoms with Gasteiger partial charge in [0.1, 0.15) is 29.5 Å². The summed E-state index contributed by atoms with van der Waals surface area (Å²) in [6, 6.07) is 2.16. The molecule has 1 aromatic heterocycles. The number of carbonyl (C=O) groups is 5. The van der Waals surface area contributed by atoms with E-state index in [0.29, 0.717) is 5.76 Å². The molecule has 11 nitrogen and oxygen atoms in total. The molecule has 1 saturated heterocycles. The molecule has 0 aromatic carbocycles. The van der Waals surface area contributed by atoms with Crippen LogP contribution < -0.4 is 10.6 Å². The highest BCUT2D eigenvalue weighted by atomic mass is 32.2. The van der Waals surface area contributed by atoms with E-state index in [-0.39, 0.29) is 17.7 Å². The van der Waals surface area contributed by atoms with E-state index in [2.05, 4.69) is 10.1 Å². The van der Waals surface area contributed by atoms with Crippen LogP contribution in [-0.4, -0.2) is 69.7 Å². The fourth-order valence-electron chi connectivity index (χ4n) is 2.94. The fraction of sp³-hybridized carbons (Fsp3) is 0.353. The number of alkyl halides is 3. The average molecular weight is 477 g/mol. The Morgan fingerprint density at radius 1 is 1.31 bits per heavy atom. The third-order valence-electron chi connectivity index (χ3n) is 4.33. The molecule has 2 aliphatic rings. The van der Waals surface area contributed by atoms with Gasteiger partial charge in [-0.05, 0) is 12.1 Å². The molecule has 0 spiro atoms. The molecule has 0 radical (unpaired) electrons. The zero-order valence-corrected chi connectivity index (χ0v) is 16.6. The van der Waals surface area contributed by atoms with Crippen molar-refractivity contribution in [1.82, 2.24) is 15.5 Å². The van der Waals surface area contributed by atoms with Gasteiger partial charge in [-0.15, -0.1) is 11.8 Å². The third-order valence-corrected chi connectivity index (χ3v) is 5.67. The molecule has 1 unspecified atom stereocenters. The highest BCUT2D eigenvalue weighted by molar-refractivity contribution is 8.00. The summed E-state index contributed by atoms with van der Waals surface area (Å²) < 4.78 is 46.0. The number of carbonyl (C=O) groups excluding carboxylic acids is 4. The topological polar surface area (TPSA) is 155 Å². The van der Waals surface area contributed by atoms with Crippen molar-refractivity contribution < 1.29 is 51.4 Å². The number of rotatable bonds is 6. The lowest BCUT2D eigenvalue weighted by Gasteiger charge is -2.49. The number of hydrogen-bond acceptors (Lipinski definition) is 8. The van der Waals surface area contributed by atoms with E-state index in [9.17, 15) is 42.3 Å². The van der Waals surface area contributed by atoms with Crippen molar-refractivity contribution >= 4 is 41.5 Å². The Labute approximate surface area is 180 Å². The number of carboxylic acid groups (broad SMARTS) is 1. The van der Waals surface area contributed by atoms with Crippen molar-refractivity contribution in [3.8, 4) is 0 Å². The number of nitrogens with one attached hydrogen (secondary N) is 2. The first-order chi connectivity index (χ1) is 15.0. The maximum absolute atomic E-state index is 12.5. The molecule has 0 saturated carbocycles. The smallest absolute Gasteiger partial charge is 0.471 e. The van der Waals surface area contributed by atoms with Crippen LogP contribution in [0.1, 0.15) is 5.76 Å². The summed E-state index contributed by atoms with van der Waals surface area (Å²) >= 11 is 1.06. The Morgan fingerprint density at radius 3 is 2.62 bits per heavy atom. The Balaban J connectivity index is 1.63. The molecule has 1 fully saturated rings. The summed E-state index contributed by atoms with van der Waals surface area (Å²) in [5.74, 6) is -4.99. The van der Waals surface area contributed by atoms with Crippen molar-refractivity contribution in [2.45, 2.75) is 24.0 Å². The highest BCUT2D eigenvalue weighted by Gasteiger charge is 2.54. The molecule has 2 aliphatic heterocycles. The Morgan fingerprint density at radius 2 is 2.03 bits per heavy atom. The van der Waals surface area contributed by atoms with Gasteiger partial charge in [-0.25, -0.2) is 9.59 Å². The summed E-state index contributed by atoms with van der Waals surface area (Å²) in [7, 11) is 0. The lowest BCUT2D eigenvalue weighted by molar-refractivity contribution is -0.172. The molecule has 3 heterocycles. The number of furan rings is 1. The number of alkyl carbamates (subject to hydrolysis) is 1. The number of fused-ring (bicyclic) bond motifs is 1. The molecule has 3 rings (SSSR count). The first-order valence-corrected chi connectivity index (χ1v) is 9.80. The number of aliphatic carboxylic acids is 1. The SMILES string of the molecule is O=C(Cc1ccco1)NC1C(=O)N2C(C(=O)O)=C(COC(=O)NC(=O)C(F)(F)F)CS[C@H]12. The number of carboxylic acids is 1. The molecule has 172 valence electrons. The number of halogens is 3. The molecule has 3 N–H and O–H groups in total. The number of thioether (sulfide) groups is 1. The van der Waals surface area contributed by atoms with E-state index in [1.54, 1.807) is 12.1 Å². The van der Waals surface area contributed by atoms with Crippen LogP contribution in [0.5, 0.6) is 0 Å². The van der Waals surface area contributed by atoms with E-state index in [0.717, 1.165) is 22.0 Å². The van der Waals surface area contributed by atoms with E-state index >= 15 is 0 Å². The van der Waals surface area contributed by atoms with Gasteiger partial charge in [0, 0.05) is 11.3 Å². The monoisotopic (exact) mass is 477 g/mol. The maximum atomic E-state index is 12.5. The normalized spacial score (nSPS) is 20.2. The van der Waals surface area contributed by atoms with E-state index in [1.165, 1.54) is 6.26 Å². The molecule has 32 heavy (non-hydrogen) atoms. The van der Waals surface area contributed by atoms with Crippen LogP contribution in [0.4, 0.5) is 18.0 Å². The number of ether oxygens (including phenoxy) is 1. The molecule has 15 heteroatoms. The second kappa shape index (κ2) is 8.94. The standard InChI is InChI=1S/C17H14F3N3O8S/c18-17(19,20)15(28)22-16(29)31-5-7-6-32-13-10(12(25)23(13)11(7)14(26)27)21-9(24)4-8-2-1-3-30-8/h1-3,10,13H,4-6H2,(H,21,24)(H,26,27)(H,22,28,29)/t10?,13-/m1/s1. The lowest BCUT2D eigenvalue weighted by atomic mass is 10.0. The number of imide groups is 1. The van der Waals surface area contributed by atoms with Crippen LogP contribution in [0.3, 0.4) is 0 Å². The van der Waals surface area contributed by atoms with Gasteiger partial charge < -0.3 is 19.6 Å². The van der Waals surface area contributed by atoms with E-state index in [4.69, 9.17) is 4.42 Å². The van der Waals surface area contributed by atoms with Crippen molar-refractivity contribution in [2.75, 3.05) is 12.4 Å². The molecular weight excluding hydrogens is 463 g/mol. The van der Waals surface area contributed by atoms with Crippen molar-refractivity contribution in [3.63, 3.8) is 0 Å². The Hall–Kier alpha value is -3.49. The Bertz CT molecular complexity index is 992. The second-order valence-electron chi connectivity index (χ2n) is 6.50. The summed E-state index contributed by atoms with van der Waals surface area (Å²) in [5.41, 5.74) is -0.577. The average Bonchev–Trinajstić information content (AvgIpc) is 3.21. The molecule has 0 bridgehead atoms. The first-order valence-electron chi connectivity index (χ1n) is 8.75. The minimum Gasteiger partial charge on any atom is -0.477 e. The van der Waals surface area contributed by atoms with Crippen LogP contribution in [0, 0.1) is 0 Å². The van der Waals surface area contributed by atoms with Crippen LogP contribution >= 0.6 is 11.8 Å². The van der Waals surface area contributed by atoms with Crippen LogP contribution in [-0.2, 0) is 30.3 Å². The van der Waals surface area contributed by atoms with Gasteiger partial charge in [-0.1, -0.05) is 0 Å². The predicted octanol–water partition coefficient (Wildman–Crippen LogP) is 0.376. The fourth-order valence-corrected chi connectivity index (χ4v) is 4.27. The number of β-lactam (4-membered cyclic amide) rings is 1. The van der Waals surface area contributed by atoms with Gasteiger partial charge in [0.15, 0.2) is 0 Å². The minimum absolute atomic E-state index is 0.0544. The lowest BCUT2D eigenvalue weighted by Crippen LogP contribution is -2.70. The zero-order chi connectivity index (χ0) is 23.6. The van der Waals surface area contributed by atoms with Gasteiger partial charge in [0.25, 0.3) is 5.91 Å². The summed E-state index contributed by atoms with van der Waals surface area (Å²) in [6.07, 6.45) is -5.78. The van der Waals surface area contributed by atoms with Crippen molar-refractivity contribution in [1.29, 1.82) is 0 Å². The summed E-state index contributed by atoms with van der Waals surface area (Å²) in [4.78, 5) is 59.3. The van der Waals surface area contributed by atoms with Crippen LogP contribution in [0.15, 0.2) is 34.1 Å². The highest BCUT2D eigenvalue weighted by Crippen LogP contribution is 2.40. The minimum atomic E-state index is -5.31. The van der Waals surface area contributed by atoms with Crippen molar-refractivity contribution in [2.24, 2.45) is 0 Å². The second-order valence-corrected chi connectivity index (χ2v) is 7.60. The molecule has 1 aromatic rings. The largest absolute Gasteiger partial charge is 0.477 e. The predicted molar refractivity (Wildman–Crippen MR) is 97.6 cm³/mol. The molecule has 2 atom stereocenters. The first kappa shape index (κ1) is 23.2. The van der Waals surface area contributed by atoms with Crippen molar-refractivity contribution in [3.05, 3.63) is 35.4 Å². The third kappa shape index (κ3) is 4.87. The molecule has 4 amide bonds. The van der Waals surface area contributed by atoms with Gasteiger partial charge in [0.05, 0.1) is 12.7 Å². The quantitative estimate of drug-likeness (QED) is 0.493. The number of hydrogen-bond donors (Lipinski definition) is 3. The molecular formula is C17H14F3N3O8S. The van der Waals surface area contributed by atoms with E-state index in [1.807, 2.05) is 0 Å². The van der Waals surface area contributed by atoms with Crippen LogP contribution in [0.2, 0.25) is 0 Å². The summed E-state index contributed by atoms with van der Waals surface area (Å²) in [5, 5.41) is 12.2. The zero-order valence-electron chi connectivity index (χ0n) is 15.8. The number of amides is 4. The molecule has 0 aliphatic carbocycles. The maximum Gasteiger partial charge on any atom is 0.471 e. The summed E-state index contributed by atoms with van der Waals surface area (Å²) in [6.45, 7) is -0.766.